The van der Waals surface area contributed by atoms with Gasteiger partial charge >= 0.3 is 5.97 Å². The number of ether oxygens (including phenoxy) is 1. The Balaban J connectivity index is 1.83. The van der Waals surface area contributed by atoms with E-state index in [0.29, 0.717) is 11.5 Å². The summed E-state index contributed by atoms with van der Waals surface area (Å²) in [5.41, 5.74) is 1.07. The topological polar surface area (TPSA) is 116 Å². The van der Waals surface area contributed by atoms with E-state index in [1.165, 1.54) is 7.11 Å². The molecule has 2 heterocycles. The van der Waals surface area contributed by atoms with Crippen LogP contribution in [0.25, 0.3) is 11.4 Å². The van der Waals surface area contributed by atoms with Gasteiger partial charge < -0.3 is 9.15 Å². The maximum Gasteiger partial charge on any atom is 0.374 e. The Morgan fingerprint density at radius 3 is 2.58 bits per heavy atom. The Kier molecular flexibility index (Phi) is 4.83. The third-order valence-electron chi connectivity index (χ3n) is 3.33. The third kappa shape index (κ3) is 3.63. The van der Waals surface area contributed by atoms with E-state index in [1.807, 2.05) is 0 Å². The zero-order valence-corrected chi connectivity index (χ0v) is 16.0. The van der Waals surface area contributed by atoms with E-state index < -0.39 is 16.0 Å². The molecule has 26 heavy (non-hydrogen) atoms. The highest BCUT2D eigenvalue weighted by Gasteiger charge is 2.25. The average Bonchev–Trinajstić information content (AvgIpc) is 3.21. The molecular formula is C15H13BrN4O5S. The molecule has 1 N–H and O–H groups in total. The van der Waals surface area contributed by atoms with Crippen LogP contribution in [0.4, 0.5) is 5.69 Å². The number of anilines is 1. The minimum Gasteiger partial charge on any atom is -0.463 e. The van der Waals surface area contributed by atoms with Crippen molar-refractivity contribution < 1.29 is 22.4 Å². The number of nitrogens with zero attached hydrogens (tertiary/aromatic N) is 3. The number of methoxy groups -OCH3 is 1. The molecular weight excluding hydrogens is 428 g/mol. The Morgan fingerprint density at radius 2 is 2.00 bits per heavy atom. The van der Waals surface area contributed by atoms with Gasteiger partial charge in [0.1, 0.15) is 11.2 Å². The van der Waals surface area contributed by atoms with Crippen molar-refractivity contribution >= 4 is 37.6 Å². The Labute approximate surface area is 157 Å². The largest absolute Gasteiger partial charge is 0.463 e. The van der Waals surface area contributed by atoms with Crippen LogP contribution >= 0.6 is 15.9 Å². The summed E-state index contributed by atoms with van der Waals surface area (Å²) in [5, 5.41) is 4.18. The first-order valence-corrected chi connectivity index (χ1v) is 9.44. The lowest BCUT2D eigenvalue weighted by atomic mass is 10.2. The molecule has 1 aromatic carbocycles. The smallest absolute Gasteiger partial charge is 0.374 e. The predicted molar refractivity (Wildman–Crippen MR) is 95.0 cm³/mol. The van der Waals surface area contributed by atoms with E-state index in [-0.39, 0.29) is 15.3 Å². The highest BCUT2D eigenvalue weighted by atomic mass is 79.9. The van der Waals surface area contributed by atoms with Crippen molar-refractivity contribution in [3.63, 3.8) is 0 Å². The third-order valence-corrected chi connectivity index (χ3v) is 5.56. The molecule has 0 aliphatic carbocycles. The van der Waals surface area contributed by atoms with Crippen LogP contribution in [0, 0.1) is 0 Å². The monoisotopic (exact) mass is 440 g/mol. The van der Waals surface area contributed by atoms with E-state index >= 15 is 0 Å². The molecule has 11 heteroatoms. The molecule has 0 aliphatic heterocycles. The van der Waals surface area contributed by atoms with Crippen molar-refractivity contribution in [2.24, 2.45) is 7.05 Å². The number of rotatable bonds is 5. The van der Waals surface area contributed by atoms with Crippen molar-refractivity contribution in [3.05, 3.63) is 47.1 Å². The Morgan fingerprint density at radius 1 is 1.31 bits per heavy atom. The van der Waals surface area contributed by atoms with Crippen LogP contribution in [0.2, 0.25) is 0 Å². The SMILES string of the molecule is COC(=O)c1cc(S(=O)(=O)Nc2ccc(-c3ncn(C)n3)cc2)c(Br)o1. The molecule has 0 radical (unpaired) electrons. The van der Waals surface area contributed by atoms with Gasteiger partial charge in [0.25, 0.3) is 10.0 Å². The zero-order valence-electron chi connectivity index (χ0n) is 13.6. The molecule has 3 rings (SSSR count). The summed E-state index contributed by atoms with van der Waals surface area (Å²) in [6, 6.07) is 7.64. The number of halogens is 1. The van der Waals surface area contributed by atoms with Gasteiger partial charge in [0, 0.05) is 24.4 Å². The highest BCUT2D eigenvalue weighted by molar-refractivity contribution is 9.10. The lowest BCUT2D eigenvalue weighted by Gasteiger charge is -2.07. The van der Waals surface area contributed by atoms with Crippen molar-refractivity contribution in [3.8, 4) is 11.4 Å². The minimum atomic E-state index is -3.97. The van der Waals surface area contributed by atoms with E-state index in [1.54, 1.807) is 42.3 Å². The molecule has 0 amide bonds. The van der Waals surface area contributed by atoms with Gasteiger partial charge in [0.05, 0.1) is 7.11 Å². The first-order chi connectivity index (χ1) is 12.3. The standard InChI is InChI=1S/C15H13BrN4O5S/c1-20-8-17-14(18-20)9-3-5-10(6-4-9)19-26(22,23)12-7-11(15(21)24-2)25-13(12)16/h3-8,19H,1-2H3. The number of sulfonamides is 1. The Bertz CT molecular complexity index is 1060. The number of carbonyl (C=O) groups excluding carboxylic acids is 1. The molecule has 0 unspecified atom stereocenters. The van der Waals surface area contributed by atoms with Crippen LogP contribution in [-0.4, -0.2) is 36.3 Å². The molecule has 0 saturated carbocycles. The second kappa shape index (κ2) is 6.92. The van der Waals surface area contributed by atoms with Gasteiger partial charge in [-0.05, 0) is 40.2 Å². The molecule has 0 bridgehead atoms. The van der Waals surface area contributed by atoms with Gasteiger partial charge in [-0.1, -0.05) is 0 Å². The molecule has 136 valence electrons. The van der Waals surface area contributed by atoms with Gasteiger partial charge in [-0.3, -0.25) is 9.40 Å². The number of esters is 1. The quantitative estimate of drug-likeness (QED) is 0.605. The normalized spacial score (nSPS) is 11.3. The van der Waals surface area contributed by atoms with E-state index in [4.69, 9.17) is 4.42 Å². The summed E-state index contributed by atoms with van der Waals surface area (Å²) in [6.07, 6.45) is 1.57. The summed E-state index contributed by atoms with van der Waals surface area (Å²) >= 11 is 3.00. The second-order valence-electron chi connectivity index (χ2n) is 5.16. The van der Waals surface area contributed by atoms with Gasteiger partial charge in [0.2, 0.25) is 5.76 Å². The average molecular weight is 441 g/mol. The summed E-state index contributed by atoms with van der Waals surface area (Å²) in [5.74, 6) is -0.474. The van der Waals surface area contributed by atoms with Crippen LogP contribution in [0.5, 0.6) is 0 Å². The molecule has 0 atom stereocenters. The van der Waals surface area contributed by atoms with Crippen molar-refractivity contribution in [1.82, 2.24) is 14.8 Å². The fourth-order valence-corrected chi connectivity index (χ4v) is 4.11. The summed E-state index contributed by atoms with van der Waals surface area (Å²) in [7, 11) is -1.05. The molecule has 9 nitrogen and oxygen atoms in total. The predicted octanol–water partition coefficient (Wildman–Crippen LogP) is 2.43. The van der Waals surface area contributed by atoms with Crippen LogP contribution in [-0.2, 0) is 21.8 Å². The maximum absolute atomic E-state index is 12.5. The van der Waals surface area contributed by atoms with Crippen LogP contribution in [0.15, 0.2) is 50.6 Å². The van der Waals surface area contributed by atoms with Crippen LogP contribution in [0.1, 0.15) is 10.6 Å². The number of nitrogens with one attached hydrogen (secondary N) is 1. The molecule has 3 aromatic rings. The van der Waals surface area contributed by atoms with Crippen LogP contribution in [0.3, 0.4) is 0 Å². The Hall–Kier alpha value is -2.66. The molecule has 0 fully saturated rings. The summed E-state index contributed by atoms with van der Waals surface area (Å²) < 4.78 is 38.5. The first-order valence-electron chi connectivity index (χ1n) is 7.16. The van der Waals surface area contributed by atoms with Gasteiger partial charge in [-0.25, -0.2) is 18.2 Å². The van der Waals surface area contributed by atoms with E-state index in [0.717, 1.165) is 11.6 Å². The number of furan rings is 1. The molecule has 2 aromatic heterocycles. The van der Waals surface area contributed by atoms with Crippen molar-refractivity contribution in [2.45, 2.75) is 4.90 Å². The van der Waals surface area contributed by atoms with Gasteiger partial charge in [-0.15, -0.1) is 0 Å². The van der Waals surface area contributed by atoms with E-state index in [9.17, 15) is 13.2 Å². The van der Waals surface area contributed by atoms with Crippen LogP contribution < -0.4 is 4.72 Å². The number of hydrogen-bond acceptors (Lipinski definition) is 7. The lowest BCUT2D eigenvalue weighted by molar-refractivity contribution is 0.0563. The maximum atomic E-state index is 12.5. The fourth-order valence-electron chi connectivity index (χ4n) is 2.11. The van der Waals surface area contributed by atoms with Crippen molar-refractivity contribution in [1.29, 1.82) is 0 Å². The summed E-state index contributed by atoms with van der Waals surface area (Å²) in [4.78, 5) is 15.4. The fraction of sp³-hybridized carbons (Fsp3) is 0.133. The highest BCUT2D eigenvalue weighted by Crippen LogP contribution is 2.28. The van der Waals surface area contributed by atoms with Gasteiger partial charge in [-0.2, -0.15) is 5.10 Å². The first kappa shape index (κ1) is 18.1. The second-order valence-corrected chi connectivity index (χ2v) is 7.54. The van der Waals surface area contributed by atoms with E-state index in [2.05, 4.69) is 35.5 Å². The molecule has 0 spiro atoms. The number of aryl methyl sites for hydroxylation is 1. The molecule has 0 aliphatic rings. The molecule has 0 saturated heterocycles. The zero-order chi connectivity index (χ0) is 18.9. The minimum absolute atomic E-state index is 0.0975. The van der Waals surface area contributed by atoms with Gasteiger partial charge in [0.15, 0.2) is 10.5 Å². The number of benzene rings is 1. The van der Waals surface area contributed by atoms with Crippen molar-refractivity contribution in [2.75, 3.05) is 11.8 Å². The number of carbonyl (C=O) groups is 1. The lowest BCUT2D eigenvalue weighted by Crippen LogP contribution is -2.12. The number of aromatic nitrogens is 3. The number of hydrogen-bond donors (Lipinski definition) is 1. The summed E-state index contributed by atoms with van der Waals surface area (Å²) in [6.45, 7) is 0.